The van der Waals surface area contributed by atoms with E-state index in [2.05, 4.69) is 15.3 Å². The Morgan fingerprint density at radius 3 is 2.69 bits per heavy atom. The summed E-state index contributed by atoms with van der Waals surface area (Å²) < 4.78 is 0.593. The number of benzene rings is 2. The topological polar surface area (TPSA) is 98.3 Å². The van der Waals surface area contributed by atoms with Crippen molar-refractivity contribution in [3.63, 3.8) is 0 Å². The lowest BCUT2D eigenvalue weighted by Crippen LogP contribution is -2.35. The smallest absolute Gasteiger partial charge is 0.268 e. The van der Waals surface area contributed by atoms with Crippen LogP contribution < -0.4 is 10.9 Å². The normalized spacial score (nSPS) is 18.6. The molecule has 4 aromatic rings. The molecular formula is C27H28N4O3S. The predicted octanol–water partition coefficient (Wildman–Crippen LogP) is 3.65. The third kappa shape index (κ3) is 5.19. The van der Waals surface area contributed by atoms with Crippen LogP contribution in [0.5, 0.6) is 0 Å². The summed E-state index contributed by atoms with van der Waals surface area (Å²) in [4.78, 5) is 33.9. The summed E-state index contributed by atoms with van der Waals surface area (Å²) in [6.45, 7) is 0.221. The maximum atomic E-state index is 12.9. The number of amides is 1. The van der Waals surface area contributed by atoms with E-state index in [9.17, 15) is 14.7 Å². The zero-order valence-electron chi connectivity index (χ0n) is 19.5. The first-order valence-corrected chi connectivity index (χ1v) is 12.7. The van der Waals surface area contributed by atoms with Gasteiger partial charge in [-0.3, -0.25) is 9.59 Å². The fraction of sp³-hybridized carbons (Fsp3) is 0.296. The number of carbonyl (C=O) groups is 1. The SMILES string of the molecule is CN(Cc1nc2ccsc2c(=O)[nH]1)C(=O)c1ccc(C[C@@H]2CC[C@H]([C@H](O)c3ccccc3)N2)cc1. The van der Waals surface area contributed by atoms with Gasteiger partial charge in [0.1, 0.15) is 10.5 Å². The molecule has 1 fully saturated rings. The molecule has 0 bridgehead atoms. The van der Waals surface area contributed by atoms with Crippen LogP contribution in [-0.2, 0) is 13.0 Å². The van der Waals surface area contributed by atoms with Crippen LogP contribution in [0.4, 0.5) is 0 Å². The zero-order valence-corrected chi connectivity index (χ0v) is 20.3. The Morgan fingerprint density at radius 1 is 1.14 bits per heavy atom. The molecule has 0 aliphatic carbocycles. The van der Waals surface area contributed by atoms with E-state index in [-0.39, 0.29) is 30.1 Å². The van der Waals surface area contributed by atoms with Gasteiger partial charge in [-0.15, -0.1) is 11.3 Å². The van der Waals surface area contributed by atoms with Crippen molar-refractivity contribution in [2.24, 2.45) is 0 Å². The van der Waals surface area contributed by atoms with Crippen LogP contribution in [0.25, 0.3) is 10.2 Å². The highest BCUT2D eigenvalue weighted by Crippen LogP contribution is 2.26. The van der Waals surface area contributed by atoms with Crippen molar-refractivity contribution in [2.45, 2.75) is 44.0 Å². The minimum absolute atomic E-state index is 0.0465. The largest absolute Gasteiger partial charge is 0.387 e. The summed E-state index contributed by atoms with van der Waals surface area (Å²) in [5.74, 6) is 0.336. The van der Waals surface area contributed by atoms with Gasteiger partial charge in [0, 0.05) is 24.7 Å². The van der Waals surface area contributed by atoms with E-state index in [0.29, 0.717) is 21.6 Å². The Morgan fingerprint density at radius 2 is 1.91 bits per heavy atom. The van der Waals surface area contributed by atoms with Crippen LogP contribution in [-0.4, -0.2) is 45.0 Å². The maximum Gasteiger partial charge on any atom is 0.268 e. The number of fused-ring (bicyclic) bond motifs is 1. The van der Waals surface area contributed by atoms with Crippen molar-refractivity contribution in [3.05, 3.63) is 98.9 Å². The van der Waals surface area contributed by atoms with Gasteiger partial charge in [-0.2, -0.15) is 0 Å². The minimum Gasteiger partial charge on any atom is -0.387 e. The third-order valence-corrected chi connectivity index (χ3v) is 7.48. The molecular weight excluding hydrogens is 460 g/mol. The van der Waals surface area contributed by atoms with Crippen LogP contribution in [0, 0.1) is 0 Å². The van der Waals surface area contributed by atoms with Gasteiger partial charge in [-0.05, 0) is 54.0 Å². The molecule has 2 aromatic heterocycles. The number of aromatic nitrogens is 2. The molecule has 2 aromatic carbocycles. The van der Waals surface area contributed by atoms with Crippen LogP contribution in [0.3, 0.4) is 0 Å². The second-order valence-electron chi connectivity index (χ2n) is 9.11. The minimum atomic E-state index is -0.512. The number of carbonyl (C=O) groups excluding carboxylic acids is 1. The quantitative estimate of drug-likeness (QED) is 0.369. The van der Waals surface area contributed by atoms with Gasteiger partial charge in [-0.25, -0.2) is 4.98 Å². The molecule has 0 spiro atoms. The van der Waals surface area contributed by atoms with Crippen molar-refractivity contribution in [3.8, 4) is 0 Å². The number of hydrogen-bond donors (Lipinski definition) is 3. The van der Waals surface area contributed by atoms with Gasteiger partial charge in [0.15, 0.2) is 0 Å². The predicted molar refractivity (Wildman–Crippen MR) is 138 cm³/mol. The van der Waals surface area contributed by atoms with Gasteiger partial charge >= 0.3 is 0 Å². The van der Waals surface area contributed by atoms with Crippen molar-refractivity contribution >= 4 is 27.5 Å². The van der Waals surface area contributed by atoms with Gasteiger partial charge < -0.3 is 20.3 Å². The molecule has 0 radical (unpaired) electrons. The first-order valence-electron chi connectivity index (χ1n) is 11.8. The average Bonchev–Trinajstić information content (AvgIpc) is 3.54. The third-order valence-electron chi connectivity index (χ3n) is 6.58. The van der Waals surface area contributed by atoms with Crippen molar-refractivity contribution in [1.29, 1.82) is 0 Å². The fourth-order valence-electron chi connectivity index (χ4n) is 4.72. The first-order chi connectivity index (χ1) is 17.0. The summed E-state index contributed by atoms with van der Waals surface area (Å²) >= 11 is 1.35. The van der Waals surface area contributed by atoms with E-state index < -0.39 is 6.10 Å². The number of nitrogens with zero attached hydrogens (tertiary/aromatic N) is 2. The lowest BCUT2D eigenvalue weighted by atomic mass is 10.0. The molecule has 3 N–H and O–H groups in total. The number of thiophene rings is 1. The molecule has 1 amide bonds. The number of nitrogens with one attached hydrogen (secondary N) is 2. The lowest BCUT2D eigenvalue weighted by Gasteiger charge is -2.20. The molecule has 1 saturated heterocycles. The second-order valence-corrected chi connectivity index (χ2v) is 10.0. The molecule has 0 saturated carbocycles. The number of rotatable bonds is 7. The molecule has 3 atom stereocenters. The number of H-pyrrole nitrogens is 1. The van der Waals surface area contributed by atoms with Crippen LogP contribution in [0.1, 0.15) is 46.3 Å². The second kappa shape index (κ2) is 10.1. The zero-order chi connectivity index (χ0) is 24.4. The van der Waals surface area contributed by atoms with E-state index in [1.165, 1.54) is 11.3 Å². The van der Waals surface area contributed by atoms with E-state index in [1.807, 2.05) is 66.0 Å². The molecule has 35 heavy (non-hydrogen) atoms. The highest BCUT2D eigenvalue weighted by Gasteiger charge is 2.29. The molecule has 7 nitrogen and oxygen atoms in total. The molecule has 1 aliphatic rings. The number of aliphatic hydroxyl groups is 1. The molecule has 1 aliphatic heterocycles. The maximum absolute atomic E-state index is 12.9. The summed E-state index contributed by atoms with van der Waals surface area (Å²) in [5, 5.41) is 16.1. The molecule has 5 rings (SSSR count). The van der Waals surface area contributed by atoms with Gasteiger partial charge in [0.25, 0.3) is 11.5 Å². The van der Waals surface area contributed by atoms with E-state index in [4.69, 9.17) is 0 Å². The van der Waals surface area contributed by atoms with E-state index in [0.717, 1.165) is 30.4 Å². The molecule has 180 valence electrons. The number of aliphatic hydroxyl groups excluding tert-OH is 1. The summed E-state index contributed by atoms with van der Waals surface area (Å²) in [6, 6.07) is 19.6. The number of hydrogen-bond acceptors (Lipinski definition) is 6. The molecule has 8 heteroatoms. The van der Waals surface area contributed by atoms with Gasteiger partial charge in [0.2, 0.25) is 0 Å². The van der Waals surface area contributed by atoms with Crippen molar-refractivity contribution in [1.82, 2.24) is 20.2 Å². The Labute approximate surface area is 207 Å². The molecule has 3 heterocycles. The Balaban J connectivity index is 1.17. The highest BCUT2D eigenvalue weighted by molar-refractivity contribution is 7.17. The monoisotopic (exact) mass is 488 g/mol. The first kappa shape index (κ1) is 23.4. The number of aromatic amines is 1. The Bertz CT molecular complexity index is 1370. The Hall–Kier alpha value is -3.33. The Kier molecular flexibility index (Phi) is 6.77. The van der Waals surface area contributed by atoms with Gasteiger partial charge in [0.05, 0.1) is 18.2 Å². The lowest BCUT2D eigenvalue weighted by molar-refractivity contribution is 0.0781. The average molecular weight is 489 g/mol. The van der Waals surface area contributed by atoms with Gasteiger partial charge in [-0.1, -0.05) is 42.5 Å². The van der Waals surface area contributed by atoms with Crippen molar-refractivity contribution < 1.29 is 9.90 Å². The van der Waals surface area contributed by atoms with Crippen molar-refractivity contribution in [2.75, 3.05) is 7.05 Å². The fourth-order valence-corrected chi connectivity index (χ4v) is 5.45. The van der Waals surface area contributed by atoms with E-state index in [1.54, 1.807) is 11.9 Å². The summed E-state index contributed by atoms with van der Waals surface area (Å²) in [5.41, 5.74) is 3.15. The standard InChI is InChI=1S/C27H28N4O3S/c1-31(16-23-29-22-13-14-35-25(22)26(33)30-23)27(34)19-9-7-17(8-10-19)15-20-11-12-21(28-20)24(32)18-5-3-2-4-6-18/h2-10,13-14,20-21,24,28,32H,11-12,15-16H2,1H3,(H,29,30,33)/t20-,21+,24+/m0/s1. The van der Waals surface area contributed by atoms with Crippen LogP contribution in [0.2, 0.25) is 0 Å². The summed E-state index contributed by atoms with van der Waals surface area (Å²) in [7, 11) is 1.70. The highest BCUT2D eigenvalue weighted by atomic mass is 32.1. The van der Waals surface area contributed by atoms with E-state index >= 15 is 0 Å². The molecule has 0 unspecified atom stereocenters. The summed E-state index contributed by atoms with van der Waals surface area (Å²) in [6.07, 6.45) is 2.25. The van der Waals surface area contributed by atoms with Crippen LogP contribution in [0.15, 0.2) is 70.8 Å². The van der Waals surface area contributed by atoms with Crippen LogP contribution >= 0.6 is 11.3 Å².